The zero-order valence-electron chi connectivity index (χ0n) is 10.2. The summed E-state index contributed by atoms with van der Waals surface area (Å²) in [6.07, 6.45) is 5.95. The molecule has 18 heavy (non-hydrogen) atoms. The van der Waals surface area contributed by atoms with Gasteiger partial charge in [-0.3, -0.25) is 0 Å². The van der Waals surface area contributed by atoms with Crippen LogP contribution in [0.3, 0.4) is 0 Å². The molecule has 4 heteroatoms. The van der Waals surface area contributed by atoms with E-state index in [4.69, 9.17) is 5.26 Å². The molecule has 2 N–H and O–H groups in total. The Hall–Kier alpha value is -1.86. The number of aromatic nitrogens is 2. The van der Waals surface area contributed by atoms with Gasteiger partial charge in [-0.25, -0.2) is 4.98 Å². The van der Waals surface area contributed by atoms with Crippen molar-refractivity contribution in [3.8, 4) is 6.07 Å². The lowest BCUT2D eigenvalue weighted by Gasteiger charge is -2.25. The molecule has 0 amide bonds. The van der Waals surface area contributed by atoms with Gasteiger partial charge >= 0.3 is 0 Å². The number of fused-ring (bicyclic) bond motifs is 1. The maximum absolute atomic E-state index is 8.98. The van der Waals surface area contributed by atoms with Crippen molar-refractivity contribution in [3.63, 3.8) is 0 Å². The SMILES string of the molecule is N#Cc1cc(CNCC2CCC2)c2[nH]ccc2n1. The second-order valence-electron chi connectivity index (χ2n) is 4.94. The molecular weight excluding hydrogens is 224 g/mol. The van der Waals surface area contributed by atoms with Crippen molar-refractivity contribution in [3.05, 3.63) is 29.6 Å². The zero-order valence-corrected chi connectivity index (χ0v) is 10.2. The number of aromatic amines is 1. The van der Waals surface area contributed by atoms with Crippen LogP contribution < -0.4 is 5.32 Å². The Bertz CT molecular complexity index is 589. The average molecular weight is 240 g/mol. The molecule has 0 bridgehead atoms. The highest BCUT2D eigenvalue weighted by atomic mass is 14.9. The molecule has 0 aromatic carbocycles. The van der Waals surface area contributed by atoms with E-state index in [1.807, 2.05) is 18.3 Å². The van der Waals surface area contributed by atoms with Gasteiger partial charge in [0.2, 0.25) is 0 Å². The van der Waals surface area contributed by atoms with Gasteiger partial charge in [0.1, 0.15) is 11.8 Å². The average Bonchev–Trinajstić information content (AvgIpc) is 2.80. The highest BCUT2D eigenvalue weighted by molar-refractivity contribution is 5.79. The third-order valence-electron chi connectivity index (χ3n) is 3.69. The molecule has 1 aliphatic carbocycles. The minimum absolute atomic E-state index is 0.488. The summed E-state index contributed by atoms with van der Waals surface area (Å²) in [5, 5.41) is 12.5. The van der Waals surface area contributed by atoms with Gasteiger partial charge in [-0.2, -0.15) is 5.26 Å². The van der Waals surface area contributed by atoms with Crippen molar-refractivity contribution in [2.75, 3.05) is 6.54 Å². The molecule has 92 valence electrons. The van der Waals surface area contributed by atoms with Crippen molar-refractivity contribution < 1.29 is 0 Å². The van der Waals surface area contributed by atoms with Crippen LogP contribution >= 0.6 is 0 Å². The third-order valence-corrected chi connectivity index (χ3v) is 3.69. The summed E-state index contributed by atoms with van der Waals surface area (Å²) in [6, 6.07) is 5.89. The first kappa shape index (κ1) is 11.2. The maximum atomic E-state index is 8.98. The molecule has 1 aliphatic rings. The third kappa shape index (κ3) is 2.09. The number of hydrogen-bond donors (Lipinski definition) is 2. The highest BCUT2D eigenvalue weighted by Crippen LogP contribution is 2.25. The first-order valence-electron chi connectivity index (χ1n) is 6.44. The number of rotatable bonds is 4. The van der Waals surface area contributed by atoms with Crippen molar-refractivity contribution in [2.45, 2.75) is 25.8 Å². The van der Waals surface area contributed by atoms with E-state index in [1.165, 1.54) is 19.3 Å². The maximum Gasteiger partial charge on any atom is 0.141 e. The fourth-order valence-electron chi connectivity index (χ4n) is 2.42. The van der Waals surface area contributed by atoms with E-state index in [0.717, 1.165) is 35.6 Å². The van der Waals surface area contributed by atoms with Crippen molar-refractivity contribution >= 4 is 11.0 Å². The topological polar surface area (TPSA) is 64.5 Å². The lowest BCUT2D eigenvalue weighted by atomic mass is 9.85. The van der Waals surface area contributed by atoms with E-state index >= 15 is 0 Å². The summed E-state index contributed by atoms with van der Waals surface area (Å²) in [6.45, 7) is 1.87. The van der Waals surface area contributed by atoms with Gasteiger partial charge < -0.3 is 10.3 Å². The predicted octanol–water partition coefficient (Wildman–Crippen LogP) is 2.32. The normalized spacial score (nSPS) is 15.5. The van der Waals surface area contributed by atoms with E-state index in [2.05, 4.69) is 21.4 Å². The molecule has 1 saturated carbocycles. The Morgan fingerprint density at radius 3 is 3.11 bits per heavy atom. The van der Waals surface area contributed by atoms with E-state index in [-0.39, 0.29) is 0 Å². The Morgan fingerprint density at radius 2 is 2.39 bits per heavy atom. The number of nitriles is 1. The molecule has 3 rings (SSSR count). The first-order chi connectivity index (χ1) is 8.86. The number of hydrogen-bond acceptors (Lipinski definition) is 3. The predicted molar refractivity (Wildman–Crippen MR) is 69.9 cm³/mol. The van der Waals surface area contributed by atoms with Crippen LogP contribution in [-0.2, 0) is 6.54 Å². The van der Waals surface area contributed by atoms with Gasteiger partial charge in [-0.05, 0) is 43.0 Å². The monoisotopic (exact) mass is 240 g/mol. The van der Waals surface area contributed by atoms with Gasteiger partial charge in [-0.15, -0.1) is 0 Å². The molecule has 2 heterocycles. The zero-order chi connectivity index (χ0) is 12.4. The molecule has 0 saturated heterocycles. The second kappa shape index (κ2) is 4.79. The van der Waals surface area contributed by atoms with Crippen molar-refractivity contribution in [2.24, 2.45) is 5.92 Å². The minimum Gasteiger partial charge on any atom is -0.360 e. The van der Waals surface area contributed by atoms with Crippen LogP contribution in [0.4, 0.5) is 0 Å². The minimum atomic E-state index is 0.488. The number of pyridine rings is 1. The molecule has 4 nitrogen and oxygen atoms in total. The molecule has 1 fully saturated rings. The Morgan fingerprint density at radius 1 is 1.50 bits per heavy atom. The molecule has 0 unspecified atom stereocenters. The Balaban J connectivity index is 1.76. The van der Waals surface area contributed by atoms with Crippen molar-refractivity contribution in [1.82, 2.24) is 15.3 Å². The van der Waals surface area contributed by atoms with Crippen molar-refractivity contribution in [1.29, 1.82) is 5.26 Å². The van der Waals surface area contributed by atoms with Crippen LogP contribution in [-0.4, -0.2) is 16.5 Å². The Kier molecular flexibility index (Phi) is 2.99. The lowest BCUT2D eigenvalue weighted by Crippen LogP contribution is -2.27. The number of nitrogens with one attached hydrogen (secondary N) is 2. The van der Waals surface area contributed by atoms with Crippen LogP contribution in [0.1, 0.15) is 30.5 Å². The van der Waals surface area contributed by atoms with E-state index in [0.29, 0.717) is 5.69 Å². The number of H-pyrrole nitrogens is 1. The fourth-order valence-corrected chi connectivity index (χ4v) is 2.42. The van der Waals surface area contributed by atoms with Crippen LogP contribution in [0.25, 0.3) is 11.0 Å². The molecule has 0 radical (unpaired) electrons. The fraction of sp³-hybridized carbons (Fsp3) is 0.429. The van der Waals surface area contributed by atoms with Gasteiger partial charge in [0, 0.05) is 12.7 Å². The van der Waals surface area contributed by atoms with E-state index in [9.17, 15) is 0 Å². The second-order valence-corrected chi connectivity index (χ2v) is 4.94. The van der Waals surface area contributed by atoms with Crippen LogP contribution in [0, 0.1) is 17.2 Å². The summed E-state index contributed by atoms with van der Waals surface area (Å²) in [4.78, 5) is 7.46. The summed E-state index contributed by atoms with van der Waals surface area (Å²) >= 11 is 0. The van der Waals surface area contributed by atoms with Crippen LogP contribution in [0.5, 0.6) is 0 Å². The smallest absolute Gasteiger partial charge is 0.141 e. The molecule has 2 aromatic rings. The molecular formula is C14H16N4. The first-order valence-corrected chi connectivity index (χ1v) is 6.44. The lowest BCUT2D eigenvalue weighted by molar-refractivity contribution is 0.301. The molecule has 0 atom stereocenters. The summed E-state index contributed by atoms with van der Waals surface area (Å²) in [5.74, 6) is 0.849. The van der Waals surface area contributed by atoms with Gasteiger partial charge in [0.25, 0.3) is 0 Å². The highest BCUT2D eigenvalue weighted by Gasteiger charge is 2.16. The quantitative estimate of drug-likeness (QED) is 0.862. The van der Waals surface area contributed by atoms with Gasteiger partial charge in [-0.1, -0.05) is 6.42 Å². The van der Waals surface area contributed by atoms with Crippen LogP contribution in [0.2, 0.25) is 0 Å². The Labute approximate surface area is 106 Å². The summed E-state index contributed by atoms with van der Waals surface area (Å²) < 4.78 is 0. The molecule has 0 aliphatic heterocycles. The summed E-state index contributed by atoms with van der Waals surface area (Å²) in [7, 11) is 0. The van der Waals surface area contributed by atoms with Gasteiger partial charge in [0.05, 0.1) is 11.0 Å². The van der Waals surface area contributed by atoms with Crippen LogP contribution in [0.15, 0.2) is 18.3 Å². The molecule has 2 aromatic heterocycles. The standard InChI is InChI=1S/C14H16N4/c15-7-12-6-11(9-16-8-10-2-1-3-10)14-13(18-12)4-5-17-14/h4-6,10,16-17H,1-3,8-9H2. The largest absolute Gasteiger partial charge is 0.360 e. The van der Waals surface area contributed by atoms with E-state index < -0.39 is 0 Å². The number of nitrogens with zero attached hydrogens (tertiary/aromatic N) is 2. The van der Waals surface area contributed by atoms with Gasteiger partial charge in [0.15, 0.2) is 0 Å². The van der Waals surface area contributed by atoms with E-state index in [1.54, 1.807) is 0 Å². The summed E-state index contributed by atoms with van der Waals surface area (Å²) in [5.41, 5.74) is 3.52. The molecule has 0 spiro atoms.